The summed E-state index contributed by atoms with van der Waals surface area (Å²) in [6.07, 6.45) is 4.47. The monoisotopic (exact) mass is 240 g/mol. The van der Waals surface area contributed by atoms with Crippen molar-refractivity contribution in [3.05, 3.63) is 11.6 Å². The first-order valence-corrected chi connectivity index (χ1v) is 6.38. The Balaban J connectivity index is 2.21. The van der Waals surface area contributed by atoms with Gasteiger partial charge in [-0.1, -0.05) is 13.0 Å². The number of carbonyl (C=O) groups is 1. The van der Waals surface area contributed by atoms with E-state index in [-0.39, 0.29) is 5.97 Å². The maximum Gasteiger partial charge on any atom is 0.333 e. The third-order valence-electron chi connectivity index (χ3n) is 3.35. The molecule has 0 aliphatic carbocycles. The van der Waals surface area contributed by atoms with Gasteiger partial charge >= 0.3 is 5.97 Å². The van der Waals surface area contributed by atoms with Crippen molar-refractivity contribution >= 4 is 5.97 Å². The molecule has 4 nitrogen and oxygen atoms in total. The molecule has 1 aliphatic rings. The van der Waals surface area contributed by atoms with Crippen LogP contribution in [0.3, 0.4) is 0 Å². The first-order chi connectivity index (χ1) is 8.19. The zero-order valence-electron chi connectivity index (χ0n) is 11.2. The minimum atomic E-state index is -0.247. The van der Waals surface area contributed by atoms with Crippen molar-refractivity contribution in [2.24, 2.45) is 0 Å². The van der Waals surface area contributed by atoms with Gasteiger partial charge < -0.3 is 10.1 Å². The molecule has 98 valence electrons. The highest BCUT2D eigenvalue weighted by Crippen LogP contribution is 2.15. The van der Waals surface area contributed by atoms with Gasteiger partial charge in [0.05, 0.1) is 7.11 Å². The van der Waals surface area contributed by atoms with Crippen molar-refractivity contribution in [1.29, 1.82) is 0 Å². The Morgan fingerprint density at radius 3 is 3.00 bits per heavy atom. The van der Waals surface area contributed by atoms with Crippen LogP contribution in [0.5, 0.6) is 0 Å². The highest BCUT2D eigenvalue weighted by atomic mass is 16.5. The van der Waals surface area contributed by atoms with Gasteiger partial charge in [0.1, 0.15) is 0 Å². The molecule has 0 aromatic rings. The fraction of sp³-hybridized carbons (Fsp3) is 0.769. The standard InChI is InChI=1S/C13H24N2O2/c1-4-15-9-5-6-12(15)10-14-8-7-11(2)13(16)17-3/h7,12,14H,4-6,8-10H2,1-3H3/b11-7-. The molecular weight excluding hydrogens is 216 g/mol. The molecule has 0 aromatic heterocycles. The van der Waals surface area contributed by atoms with Gasteiger partial charge in [0.25, 0.3) is 0 Å². The molecule has 1 atom stereocenters. The van der Waals surface area contributed by atoms with Crippen LogP contribution in [-0.2, 0) is 9.53 Å². The molecular formula is C13H24N2O2. The summed E-state index contributed by atoms with van der Waals surface area (Å²) < 4.78 is 4.63. The Bertz CT molecular complexity index is 277. The lowest BCUT2D eigenvalue weighted by Gasteiger charge is -2.22. The summed E-state index contributed by atoms with van der Waals surface area (Å²) in [6.45, 7) is 8.07. The quantitative estimate of drug-likeness (QED) is 0.430. The number of ether oxygens (including phenoxy) is 1. The van der Waals surface area contributed by atoms with Crippen LogP contribution in [0.15, 0.2) is 11.6 Å². The molecule has 0 aromatic carbocycles. The van der Waals surface area contributed by atoms with Crippen LogP contribution in [0, 0.1) is 0 Å². The molecule has 1 fully saturated rings. The van der Waals surface area contributed by atoms with Crippen molar-refractivity contribution < 1.29 is 9.53 Å². The van der Waals surface area contributed by atoms with E-state index in [4.69, 9.17) is 0 Å². The van der Waals surface area contributed by atoms with E-state index in [1.165, 1.54) is 26.5 Å². The van der Waals surface area contributed by atoms with Crippen LogP contribution in [0.2, 0.25) is 0 Å². The second-order valence-electron chi connectivity index (χ2n) is 4.46. The summed E-state index contributed by atoms with van der Waals surface area (Å²) >= 11 is 0. The highest BCUT2D eigenvalue weighted by Gasteiger charge is 2.21. The summed E-state index contributed by atoms with van der Waals surface area (Å²) in [5.41, 5.74) is 0.666. The number of esters is 1. The van der Waals surface area contributed by atoms with Gasteiger partial charge in [0.2, 0.25) is 0 Å². The largest absolute Gasteiger partial charge is 0.466 e. The smallest absolute Gasteiger partial charge is 0.333 e. The number of nitrogens with zero attached hydrogens (tertiary/aromatic N) is 1. The van der Waals surface area contributed by atoms with E-state index in [2.05, 4.69) is 21.9 Å². The maximum absolute atomic E-state index is 11.1. The Kier molecular flexibility index (Phi) is 6.22. The van der Waals surface area contributed by atoms with Gasteiger partial charge in [0.15, 0.2) is 0 Å². The lowest BCUT2D eigenvalue weighted by Crippen LogP contribution is -2.37. The number of carbonyl (C=O) groups excluding carboxylic acids is 1. The second-order valence-corrected chi connectivity index (χ2v) is 4.46. The van der Waals surface area contributed by atoms with E-state index in [1.807, 2.05) is 6.08 Å². The Labute approximate surface area is 104 Å². The van der Waals surface area contributed by atoms with Gasteiger partial charge in [-0.05, 0) is 32.9 Å². The fourth-order valence-electron chi connectivity index (χ4n) is 2.26. The minimum Gasteiger partial charge on any atom is -0.466 e. The summed E-state index contributed by atoms with van der Waals surface area (Å²) in [7, 11) is 1.41. The highest BCUT2D eigenvalue weighted by molar-refractivity contribution is 5.87. The van der Waals surface area contributed by atoms with E-state index in [0.29, 0.717) is 11.6 Å². The molecule has 0 amide bonds. The van der Waals surface area contributed by atoms with Gasteiger partial charge in [-0.3, -0.25) is 4.90 Å². The number of likely N-dealkylation sites (tertiary alicyclic amines) is 1. The number of methoxy groups -OCH3 is 1. The van der Waals surface area contributed by atoms with Crippen LogP contribution < -0.4 is 5.32 Å². The number of hydrogen-bond acceptors (Lipinski definition) is 4. The average molecular weight is 240 g/mol. The summed E-state index contributed by atoms with van der Waals surface area (Å²) in [5.74, 6) is -0.247. The minimum absolute atomic E-state index is 0.247. The van der Waals surface area contributed by atoms with Crippen LogP contribution in [0.4, 0.5) is 0 Å². The molecule has 1 rings (SSSR count). The first-order valence-electron chi connectivity index (χ1n) is 6.38. The molecule has 1 aliphatic heterocycles. The lowest BCUT2D eigenvalue weighted by atomic mass is 10.2. The Hall–Kier alpha value is -0.870. The normalized spacial score (nSPS) is 21.8. The van der Waals surface area contributed by atoms with E-state index in [9.17, 15) is 4.79 Å². The van der Waals surface area contributed by atoms with Gasteiger partial charge in [-0.25, -0.2) is 4.79 Å². The number of rotatable bonds is 6. The van der Waals surface area contributed by atoms with Crippen molar-refractivity contribution in [3.8, 4) is 0 Å². The van der Waals surface area contributed by atoms with Crippen molar-refractivity contribution in [1.82, 2.24) is 10.2 Å². The van der Waals surface area contributed by atoms with Crippen LogP contribution >= 0.6 is 0 Å². The molecule has 1 heterocycles. The second kappa shape index (κ2) is 7.45. The lowest BCUT2D eigenvalue weighted by molar-refractivity contribution is -0.136. The maximum atomic E-state index is 11.1. The van der Waals surface area contributed by atoms with E-state index in [0.717, 1.165) is 19.6 Å². The third-order valence-corrected chi connectivity index (χ3v) is 3.35. The Morgan fingerprint density at radius 1 is 1.59 bits per heavy atom. The molecule has 1 saturated heterocycles. The summed E-state index contributed by atoms with van der Waals surface area (Å²) in [6, 6.07) is 0.659. The molecule has 0 bridgehead atoms. The molecule has 1 unspecified atom stereocenters. The summed E-state index contributed by atoms with van der Waals surface area (Å²) in [4.78, 5) is 13.6. The number of likely N-dealkylation sites (N-methyl/N-ethyl adjacent to an activating group) is 1. The molecule has 0 radical (unpaired) electrons. The summed E-state index contributed by atoms with van der Waals surface area (Å²) in [5, 5.41) is 3.38. The van der Waals surface area contributed by atoms with Crippen molar-refractivity contribution in [2.45, 2.75) is 32.7 Å². The third kappa shape index (κ3) is 4.48. The molecule has 17 heavy (non-hydrogen) atoms. The topological polar surface area (TPSA) is 41.6 Å². The SMILES string of the molecule is CCN1CCCC1CNC/C=C(/C)C(=O)OC. The van der Waals surface area contributed by atoms with Crippen molar-refractivity contribution in [2.75, 3.05) is 33.3 Å². The molecule has 4 heteroatoms. The van der Waals surface area contributed by atoms with Gasteiger partial charge in [-0.15, -0.1) is 0 Å². The van der Waals surface area contributed by atoms with Crippen molar-refractivity contribution in [3.63, 3.8) is 0 Å². The zero-order valence-corrected chi connectivity index (χ0v) is 11.2. The van der Waals surface area contributed by atoms with Crippen LogP contribution in [0.1, 0.15) is 26.7 Å². The van der Waals surface area contributed by atoms with E-state index >= 15 is 0 Å². The molecule has 0 saturated carbocycles. The zero-order chi connectivity index (χ0) is 12.7. The fourth-order valence-corrected chi connectivity index (χ4v) is 2.26. The average Bonchev–Trinajstić information content (AvgIpc) is 2.80. The van der Waals surface area contributed by atoms with Crippen LogP contribution in [0.25, 0.3) is 0 Å². The van der Waals surface area contributed by atoms with Crippen LogP contribution in [-0.4, -0.2) is 50.2 Å². The van der Waals surface area contributed by atoms with E-state index in [1.54, 1.807) is 6.92 Å². The predicted octanol–water partition coefficient (Wildman–Crippen LogP) is 1.18. The molecule has 0 spiro atoms. The Morgan fingerprint density at radius 2 is 2.35 bits per heavy atom. The number of hydrogen-bond donors (Lipinski definition) is 1. The van der Waals surface area contributed by atoms with E-state index < -0.39 is 0 Å². The predicted molar refractivity (Wildman–Crippen MR) is 68.9 cm³/mol. The van der Waals surface area contributed by atoms with Gasteiger partial charge in [-0.2, -0.15) is 0 Å². The first kappa shape index (κ1) is 14.2. The molecule has 1 N–H and O–H groups in total. The number of nitrogens with one attached hydrogen (secondary N) is 1. The van der Waals surface area contributed by atoms with Gasteiger partial charge in [0, 0.05) is 24.7 Å².